The van der Waals surface area contributed by atoms with Crippen molar-refractivity contribution in [3.63, 3.8) is 0 Å². The first kappa shape index (κ1) is 15.4. The van der Waals surface area contributed by atoms with Gasteiger partial charge in [-0.2, -0.15) is 0 Å². The van der Waals surface area contributed by atoms with Crippen molar-refractivity contribution in [2.24, 2.45) is 11.8 Å². The molecule has 0 aromatic heterocycles. The minimum absolute atomic E-state index is 0. The van der Waals surface area contributed by atoms with Gasteiger partial charge in [0.2, 0.25) is 0 Å². The molecule has 2 aliphatic carbocycles. The standard InChI is InChI=1S/C12H22.BH3.N3/c1-3-7-11(8-4-1)12-9-5-2-6-10-12;;1-3-2/h11-12H,1-10H2;1H3;/q;;-1. The Balaban J connectivity index is 0.000000511. The summed E-state index contributed by atoms with van der Waals surface area (Å²) in [6.45, 7) is 0. The largest absolute Gasteiger partial charge is 0.373 e. The van der Waals surface area contributed by atoms with Crippen LogP contribution in [-0.4, -0.2) is 8.41 Å². The van der Waals surface area contributed by atoms with Gasteiger partial charge in [-0.15, -0.1) is 0 Å². The number of hydrogen-bond donors (Lipinski definition) is 0. The van der Waals surface area contributed by atoms with Crippen LogP contribution < -0.4 is 0 Å². The van der Waals surface area contributed by atoms with Gasteiger partial charge in [0.25, 0.3) is 0 Å². The zero-order valence-electron chi connectivity index (χ0n) is 9.57. The van der Waals surface area contributed by atoms with Crippen molar-refractivity contribution in [1.29, 1.82) is 0 Å². The van der Waals surface area contributed by atoms with Gasteiger partial charge < -0.3 is 11.1 Å². The van der Waals surface area contributed by atoms with Crippen LogP contribution in [0, 0.1) is 11.8 Å². The Morgan fingerprint density at radius 2 is 0.875 bits per heavy atom. The summed E-state index contributed by atoms with van der Waals surface area (Å²) in [6.07, 6.45) is 15.4. The summed E-state index contributed by atoms with van der Waals surface area (Å²) in [5.74, 6) is 2.28. The maximum absolute atomic E-state index is 6.75. The molecule has 2 saturated carbocycles. The van der Waals surface area contributed by atoms with E-state index in [4.69, 9.17) is 11.1 Å². The maximum Gasteiger partial charge on any atom is 0.0814 e. The fraction of sp³-hybridized carbons (Fsp3) is 1.00. The molecule has 0 radical (unpaired) electrons. The predicted octanol–water partition coefficient (Wildman–Crippen LogP) is 3.83. The van der Waals surface area contributed by atoms with Crippen molar-refractivity contribution in [3.05, 3.63) is 16.0 Å². The van der Waals surface area contributed by atoms with Gasteiger partial charge >= 0.3 is 0 Å². The van der Waals surface area contributed by atoms with Gasteiger partial charge in [0.05, 0.1) is 8.41 Å². The maximum atomic E-state index is 6.75. The summed E-state index contributed by atoms with van der Waals surface area (Å²) in [5, 5.41) is 0. The zero-order chi connectivity index (χ0) is 10.9. The van der Waals surface area contributed by atoms with Crippen LogP contribution in [-0.2, 0) is 0 Å². The normalized spacial score (nSPS) is 22.2. The highest BCUT2D eigenvalue weighted by molar-refractivity contribution is 5.75. The average molecular weight is 222 g/mol. The summed E-state index contributed by atoms with van der Waals surface area (Å²) in [7, 11) is 0. The van der Waals surface area contributed by atoms with E-state index < -0.39 is 0 Å². The predicted molar refractivity (Wildman–Crippen MR) is 73.2 cm³/mol. The second kappa shape index (κ2) is 9.59. The molecule has 0 amide bonds. The lowest BCUT2D eigenvalue weighted by Crippen LogP contribution is -2.20. The molecule has 0 aliphatic heterocycles. The van der Waals surface area contributed by atoms with Crippen LogP contribution in [0.3, 0.4) is 0 Å². The highest BCUT2D eigenvalue weighted by atomic mass is 15.0. The zero-order valence-corrected chi connectivity index (χ0v) is 9.57. The van der Waals surface area contributed by atoms with E-state index in [2.05, 4.69) is 0 Å². The van der Waals surface area contributed by atoms with Crippen molar-refractivity contribution in [3.8, 4) is 0 Å². The molecule has 3 nitrogen and oxygen atoms in total. The van der Waals surface area contributed by atoms with Crippen LogP contribution in [0.1, 0.15) is 64.2 Å². The highest BCUT2D eigenvalue weighted by Gasteiger charge is 2.24. The second-order valence-corrected chi connectivity index (χ2v) is 4.89. The van der Waals surface area contributed by atoms with Gasteiger partial charge in [0.1, 0.15) is 0 Å². The third kappa shape index (κ3) is 5.46. The summed E-state index contributed by atoms with van der Waals surface area (Å²) in [4.78, 5) is 1.50. The van der Waals surface area contributed by atoms with Gasteiger partial charge in [0.15, 0.2) is 0 Å². The van der Waals surface area contributed by atoms with E-state index in [9.17, 15) is 0 Å². The van der Waals surface area contributed by atoms with Gasteiger partial charge in [0, 0.05) is 0 Å². The van der Waals surface area contributed by atoms with Crippen LogP contribution in [0.2, 0.25) is 0 Å². The molecular formula is C12H25BN3-. The van der Waals surface area contributed by atoms with Crippen molar-refractivity contribution in [2.75, 3.05) is 0 Å². The summed E-state index contributed by atoms with van der Waals surface area (Å²) in [5.41, 5.74) is 13.5. The highest BCUT2D eigenvalue weighted by Crippen LogP contribution is 2.37. The Labute approximate surface area is 101 Å². The van der Waals surface area contributed by atoms with Gasteiger partial charge in [-0.05, 0) is 11.8 Å². The molecule has 0 atom stereocenters. The molecule has 0 heterocycles. The van der Waals surface area contributed by atoms with Gasteiger partial charge in [-0.25, -0.2) is 0 Å². The van der Waals surface area contributed by atoms with Crippen molar-refractivity contribution < 1.29 is 0 Å². The molecule has 2 aliphatic rings. The topological polar surface area (TPSA) is 58.7 Å². The Bertz CT molecular complexity index is 174. The smallest absolute Gasteiger partial charge is 0.0814 e. The molecule has 0 N–H and O–H groups in total. The lowest BCUT2D eigenvalue weighted by molar-refractivity contribution is 0.196. The molecule has 92 valence electrons. The molecule has 0 bridgehead atoms. The van der Waals surface area contributed by atoms with E-state index in [1.807, 2.05) is 0 Å². The molecule has 2 fully saturated rings. The molecule has 0 aromatic rings. The number of nitrogens with zero attached hydrogens (tertiary/aromatic N) is 3. The average Bonchev–Trinajstić information content (AvgIpc) is 2.32. The Kier molecular flexibility index (Phi) is 9.22. The monoisotopic (exact) mass is 222 g/mol. The van der Waals surface area contributed by atoms with Gasteiger partial charge in [-0.1, -0.05) is 64.2 Å². The minimum atomic E-state index is 0. The van der Waals surface area contributed by atoms with E-state index in [-0.39, 0.29) is 8.41 Å². The van der Waals surface area contributed by atoms with E-state index in [0.717, 1.165) is 11.8 Å². The quantitative estimate of drug-likeness (QED) is 0.280. The fourth-order valence-electron chi connectivity index (χ4n) is 3.21. The molecule has 0 unspecified atom stereocenters. The molecule has 0 saturated heterocycles. The van der Waals surface area contributed by atoms with Crippen LogP contribution in [0.5, 0.6) is 0 Å². The van der Waals surface area contributed by atoms with Crippen molar-refractivity contribution in [2.45, 2.75) is 64.2 Å². The van der Waals surface area contributed by atoms with Crippen molar-refractivity contribution >= 4 is 8.41 Å². The summed E-state index contributed by atoms with van der Waals surface area (Å²) >= 11 is 0. The SMILES string of the molecule is B.C1CCC(C2CCCCC2)CC1.[N-]=[N+]=[N-]. The molecule has 2 rings (SSSR count). The molecule has 0 aromatic carbocycles. The van der Waals surface area contributed by atoms with Crippen LogP contribution in [0.15, 0.2) is 0 Å². The van der Waals surface area contributed by atoms with Crippen LogP contribution in [0.4, 0.5) is 0 Å². The Morgan fingerprint density at radius 3 is 1.12 bits per heavy atom. The summed E-state index contributed by atoms with van der Waals surface area (Å²) < 4.78 is 0. The first-order valence-corrected chi connectivity index (χ1v) is 6.37. The number of hydrogen-bond acceptors (Lipinski definition) is 0. The minimum Gasteiger partial charge on any atom is -0.373 e. The summed E-state index contributed by atoms with van der Waals surface area (Å²) in [6, 6.07) is 0. The Hall–Kier alpha value is -0.625. The van der Waals surface area contributed by atoms with E-state index in [0.29, 0.717) is 0 Å². The third-order valence-corrected chi connectivity index (χ3v) is 3.97. The van der Waals surface area contributed by atoms with Crippen LogP contribution >= 0.6 is 0 Å². The fourth-order valence-corrected chi connectivity index (χ4v) is 3.21. The molecular weight excluding hydrogens is 197 g/mol. The first-order valence-electron chi connectivity index (χ1n) is 6.37. The molecule has 4 heteroatoms. The first-order chi connectivity index (χ1) is 7.38. The lowest BCUT2D eigenvalue weighted by atomic mass is 9.73. The Morgan fingerprint density at radius 1 is 0.625 bits per heavy atom. The van der Waals surface area contributed by atoms with E-state index >= 15 is 0 Å². The lowest BCUT2D eigenvalue weighted by Gasteiger charge is -2.32. The van der Waals surface area contributed by atoms with Gasteiger partial charge in [-0.3, -0.25) is 4.91 Å². The molecule has 0 spiro atoms. The van der Waals surface area contributed by atoms with E-state index in [1.165, 1.54) is 43.4 Å². The van der Waals surface area contributed by atoms with Crippen LogP contribution in [0.25, 0.3) is 16.0 Å². The van der Waals surface area contributed by atoms with Crippen molar-refractivity contribution in [1.82, 2.24) is 0 Å². The number of rotatable bonds is 1. The third-order valence-electron chi connectivity index (χ3n) is 3.97. The molecule has 16 heavy (non-hydrogen) atoms. The van der Waals surface area contributed by atoms with E-state index in [1.54, 1.807) is 25.7 Å². The second-order valence-electron chi connectivity index (χ2n) is 4.89.